The molecule has 0 bridgehead atoms. The van der Waals surface area contributed by atoms with Gasteiger partial charge in [-0.15, -0.1) is 11.3 Å². The molecule has 0 aromatic carbocycles. The van der Waals surface area contributed by atoms with Gasteiger partial charge < -0.3 is 16.4 Å². The van der Waals surface area contributed by atoms with Crippen molar-refractivity contribution >= 4 is 37.8 Å². The Morgan fingerprint density at radius 3 is 2.57 bits per heavy atom. The van der Waals surface area contributed by atoms with Crippen LogP contribution < -0.4 is 16.4 Å². The van der Waals surface area contributed by atoms with Gasteiger partial charge in [-0.05, 0) is 19.3 Å². The van der Waals surface area contributed by atoms with Crippen molar-refractivity contribution in [3.8, 4) is 0 Å². The number of amides is 1. The molecular formula is C13H21N3O3S2. The van der Waals surface area contributed by atoms with E-state index in [0.717, 1.165) is 30.6 Å². The van der Waals surface area contributed by atoms with Crippen LogP contribution in [-0.4, -0.2) is 32.7 Å². The monoisotopic (exact) mass is 331 g/mol. The maximum Gasteiger partial charge on any atom is 0.263 e. The van der Waals surface area contributed by atoms with Crippen LogP contribution in [0.2, 0.25) is 0 Å². The number of rotatable bonds is 7. The average molecular weight is 331 g/mol. The highest BCUT2D eigenvalue weighted by molar-refractivity contribution is 7.91. The fourth-order valence-electron chi connectivity index (χ4n) is 1.88. The van der Waals surface area contributed by atoms with Gasteiger partial charge in [-0.1, -0.05) is 13.8 Å². The Bertz CT molecular complexity index is 633. The van der Waals surface area contributed by atoms with Crippen LogP contribution in [0.5, 0.6) is 0 Å². The van der Waals surface area contributed by atoms with Gasteiger partial charge in [-0.2, -0.15) is 0 Å². The van der Waals surface area contributed by atoms with Gasteiger partial charge in [0.2, 0.25) is 0 Å². The summed E-state index contributed by atoms with van der Waals surface area (Å²) in [5.74, 6) is -0.324. The smallest absolute Gasteiger partial charge is 0.263 e. The summed E-state index contributed by atoms with van der Waals surface area (Å²) in [4.78, 5) is 12.5. The van der Waals surface area contributed by atoms with Crippen molar-refractivity contribution in [3.05, 3.63) is 4.88 Å². The van der Waals surface area contributed by atoms with Crippen LogP contribution in [0.1, 0.15) is 42.8 Å². The van der Waals surface area contributed by atoms with E-state index in [4.69, 9.17) is 5.73 Å². The van der Waals surface area contributed by atoms with Crippen molar-refractivity contribution in [2.45, 2.75) is 44.0 Å². The number of anilines is 2. The minimum Gasteiger partial charge on any atom is -0.396 e. The molecule has 0 saturated heterocycles. The van der Waals surface area contributed by atoms with E-state index in [2.05, 4.69) is 10.6 Å². The Hall–Kier alpha value is -1.28. The molecule has 0 aliphatic heterocycles. The molecule has 0 spiro atoms. The van der Waals surface area contributed by atoms with E-state index in [-0.39, 0.29) is 33.2 Å². The first-order valence-corrected chi connectivity index (χ1v) is 9.57. The third-order valence-corrected chi connectivity index (χ3v) is 6.34. The largest absolute Gasteiger partial charge is 0.396 e. The maximum atomic E-state index is 12.2. The first-order chi connectivity index (χ1) is 9.90. The second kappa shape index (κ2) is 6.23. The van der Waals surface area contributed by atoms with Gasteiger partial charge in [0.15, 0.2) is 9.84 Å². The molecule has 0 atom stereocenters. The van der Waals surface area contributed by atoms with Crippen molar-refractivity contribution in [1.29, 1.82) is 0 Å². The molecule has 1 aromatic heterocycles. The lowest BCUT2D eigenvalue weighted by Crippen LogP contribution is -2.25. The number of sulfone groups is 1. The summed E-state index contributed by atoms with van der Waals surface area (Å²) in [7, 11) is -3.47. The fraction of sp³-hybridized carbons (Fsp3) is 0.615. The zero-order chi connectivity index (χ0) is 15.6. The van der Waals surface area contributed by atoms with Crippen LogP contribution in [0.15, 0.2) is 4.90 Å². The number of thiophene rings is 1. The van der Waals surface area contributed by atoms with Crippen molar-refractivity contribution in [2.24, 2.45) is 0 Å². The topological polar surface area (TPSA) is 101 Å². The van der Waals surface area contributed by atoms with Gasteiger partial charge in [0, 0.05) is 12.6 Å². The zero-order valence-corrected chi connectivity index (χ0v) is 13.9. The molecule has 1 fully saturated rings. The van der Waals surface area contributed by atoms with Crippen LogP contribution in [0.25, 0.3) is 0 Å². The summed E-state index contributed by atoms with van der Waals surface area (Å²) < 4.78 is 24.5. The van der Waals surface area contributed by atoms with E-state index in [1.807, 2.05) is 6.92 Å². The number of hydrogen-bond donors (Lipinski definition) is 3. The summed E-state index contributed by atoms with van der Waals surface area (Å²) in [5, 5.41) is 6.38. The van der Waals surface area contributed by atoms with Crippen LogP contribution in [0.3, 0.4) is 0 Å². The summed E-state index contributed by atoms with van der Waals surface area (Å²) in [6, 6.07) is 0.206. The van der Waals surface area contributed by atoms with Gasteiger partial charge in [0.05, 0.1) is 11.4 Å². The molecule has 1 aliphatic rings. The SMILES string of the molecule is CCCNc1sc(C(=O)NC2CC2)c(N)c1S(=O)(=O)CC. The number of nitrogens with one attached hydrogen (secondary N) is 2. The minimum atomic E-state index is -3.47. The predicted molar refractivity (Wildman–Crippen MR) is 85.7 cm³/mol. The third-order valence-electron chi connectivity index (χ3n) is 3.25. The summed E-state index contributed by atoms with van der Waals surface area (Å²) in [6.45, 7) is 4.19. The van der Waals surface area contributed by atoms with Gasteiger partial charge in [-0.25, -0.2) is 8.42 Å². The highest BCUT2D eigenvalue weighted by Crippen LogP contribution is 2.40. The Labute approximate surface area is 129 Å². The summed E-state index contributed by atoms with van der Waals surface area (Å²) >= 11 is 1.12. The normalized spacial score (nSPS) is 15.0. The van der Waals surface area contributed by atoms with Gasteiger partial charge in [0.25, 0.3) is 5.91 Å². The van der Waals surface area contributed by atoms with Crippen molar-refractivity contribution < 1.29 is 13.2 Å². The molecular weight excluding hydrogens is 310 g/mol. The van der Waals surface area contributed by atoms with E-state index < -0.39 is 9.84 Å². The quantitative estimate of drug-likeness (QED) is 0.707. The molecule has 21 heavy (non-hydrogen) atoms. The summed E-state index contributed by atoms with van der Waals surface area (Å²) in [5.41, 5.74) is 6.03. The van der Waals surface area contributed by atoms with Crippen molar-refractivity contribution in [1.82, 2.24) is 5.32 Å². The lowest BCUT2D eigenvalue weighted by Gasteiger charge is -2.06. The van der Waals surface area contributed by atoms with Crippen LogP contribution in [0, 0.1) is 0 Å². The van der Waals surface area contributed by atoms with Crippen LogP contribution >= 0.6 is 11.3 Å². The first-order valence-electron chi connectivity index (χ1n) is 7.10. The molecule has 1 amide bonds. The molecule has 0 unspecified atom stereocenters. The van der Waals surface area contributed by atoms with E-state index in [9.17, 15) is 13.2 Å². The van der Waals surface area contributed by atoms with Crippen LogP contribution in [-0.2, 0) is 9.84 Å². The second-order valence-corrected chi connectivity index (χ2v) is 8.32. The van der Waals surface area contributed by atoms with Gasteiger partial charge >= 0.3 is 0 Å². The molecule has 118 valence electrons. The second-order valence-electron chi connectivity index (χ2n) is 5.08. The molecule has 6 nitrogen and oxygen atoms in total. The number of carbonyl (C=O) groups excluding carboxylic acids is 1. The summed E-state index contributed by atoms with van der Waals surface area (Å²) in [6.07, 6.45) is 2.79. The van der Waals surface area contributed by atoms with Crippen molar-refractivity contribution in [2.75, 3.05) is 23.3 Å². The molecule has 0 radical (unpaired) electrons. The number of nitrogen functional groups attached to an aromatic ring is 1. The highest BCUT2D eigenvalue weighted by atomic mass is 32.2. The molecule has 4 N–H and O–H groups in total. The molecule has 1 heterocycles. The molecule has 8 heteroatoms. The molecule has 1 aromatic rings. The van der Waals surface area contributed by atoms with Gasteiger partial charge in [-0.3, -0.25) is 4.79 Å². The van der Waals surface area contributed by atoms with Crippen molar-refractivity contribution in [3.63, 3.8) is 0 Å². The number of carbonyl (C=O) groups is 1. The number of hydrogen-bond acceptors (Lipinski definition) is 6. The predicted octanol–water partition coefficient (Wildman–Crippen LogP) is 1.84. The lowest BCUT2D eigenvalue weighted by molar-refractivity contribution is 0.0956. The third kappa shape index (κ3) is 3.49. The maximum absolute atomic E-state index is 12.2. The number of nitrogens with two attached hydrogens (primary N) is 1. The Balaban J connectivity index is 2.40. The first kappa shape index (κ1) is 16.1. The Morgan fingerprint density at radius 1 is 1.38 bits per heavy atom. The standard InChI is InChI=1S/C13H21N3O3S2/c1-3-7-15-13-11(21(18,19)4-2)9(14)10(20-13)12(17)16-8-5-6-8/h8,15H,3-7,14H2,1-2H3,(H,16,17). The Morgan fingerprint density at radius 2 is 2.05 bits per heavy atom. The highest BCUT2D eigenvalue weighted by Gasteiger charge is 2.31. The zero-order valence-electron chi connectivity index (χ0n) is 12.2. The molecule has 1 saturated carbocycles. The molecule has 1 aliphatic carbocycles. The average Bonchev–Trinajstić information content (AvgIpc) is 3.18. The van der Waals surface area contributed by atoms with E-state index in [1.165, 1.54) is 0 Å². The lowest BCUT2D eigenvalue weighted by atomic mass is 10.3. The van der Waals surface area contributed by atoms with E-state index in [1.54, 1.807) is 6.92 Å². The van der Waals surface area contributed by atoms with E-state index >= 15 is 0 Å². The van der Waals surface area contributed by atoms with E-state index in [0.29, 0.717) is 11.5 Å². The van der Waals surface area contributed by atoms with Crippen LogP contribution in [0.4, 0.5) is 10.7 Å². The fourth-order valence-corrected chi connectivity index (χ4v) is 4.48. The minimum absolute atomic E-state index is 0.0432. The van der Waals surface area contributed by atoms with Gasteiger partial charge in [0.1, 0.15) is 14.8 Å². The molecule has 2 rings (SSSR count). The Kier molecular flexibility index (Phi) is 4.77.